The third-order valence-electron chi connectivity index (χ3n) is 3.68. The first-order chi connectivity index (χ1) is 9.81. The van der Waals surface area contributed by atoms with Gasteiger partial charge in [-0.25, -0.2) is 4.79 Å². The van der Waals surface area contributed by atoms with Crippen LogP contribution < -0.4 is 5.32 Å². The summed E-state index contributed by atoms with van der Waals surface area (Å²) in [6.07, 6.45) is 3.06. The summed E-state index contributed by atoms with van der Waals surface area (Å²) in [6, 6.07) is 0.446. The highest BCUT2D eigenvalue weighted by molar-refractivity contribution is 5.68. The Balaban J connectivity index is 2.33. The van der Waals surface area contributed by atoms with Crippen LogP contribution in [0.1, 0.15) is 47.0 Å². The van der Waals surface area contributed by atoms with E-state index >= 15 is 0 Å². The minimum Gasteiger partial charge on any atom is -0.444 e. The lowest BCUT2D eigenvalue weighted by atomic mass is 9.98. The molecule has 0 aliphatic carbocycles. The van der Waals surface area contributed by atoms with Gasteiger partial charge in [-0.2, -0.15) is 0 Å². The molecule has 1 saturated heterocycles. The lowest BCUT2D eigenvalue weighted by Crippen LogP contribution is -2.45. The van der Waals surface area contributed by atoms with Crippen molar-refractivity contribution in [2.75, 3.05) is 33.4 Å². The quantitative estimate of drug-likeness (QED) is 0.819. The van der Waals surface area contributed by atoms with Crippen LogP contribution in [-0.4, -0.2) is 56.0 Å². The van der Waals surface area contributed by atoms with Crippen LogP contribution >= 0.6 is 0 Å². The highest BCUT2D eigenvalue weighted by Gasteiger charge is 2.27. The van der Waals surface area contributed by atoms with E-state index in [1.807, 2.05) is 25.7 Å². The summed E-state index contributed by atoms with van der Waals surface area (Å²) >= 11 is 0. The van der Waals surface area contributed by atoms with Gasteiger partial charge in [0.2, 0.25) is 0 Å². The van der Waals surface area contributed by atoms with Crippen molar-refractivity contribution >= 4 is 6.09 Å². The van der Waals surface area contributed by atoms with Crippen LogP contribution in [0.2, 0.25) is 0 Å². The van der Waals surface area contributed by atoms with E-state index in [2.05, 4.69) is 12.2 Å². The Labute approximate surface area is 129 Å². The molecule has 1 aliphatic rings. The molecule has 1 fully saturated rings. The number of hydrogen-bond donors (Lipinski definition) is 1. The summed E-state index contributed by atoms with van der Waals surface area (Å²) in [4.78, 5) is 14.0. The minimum absolute atomic E-state index is 0.181. The molecule has 2 atom stereocenters. The molecule has 0 aromatic carbocycles. The number of ether oxygens (including phenoxy) is 2. The number of piperidine rings is 1. The van der Waals surface area contributed by atoms with E-state index in [9.17, 15) is 4.79 Å². The van der Waals surface area contributed by atoms with Crippen molar-refractivity contribution in [1.29, 1.82) is 0 Å². The van der Waals surface area contributed by atoms with Crippen LogP contribution in [0, 0.1) is 5.92 Å². The van der Waals surface area contributed by atoms with Crippen molar-refractivity contribution in [3.05, 3.63) is 0 Å². The van der Waals surface area contributed by atoms with Crippen LogP contribution in [0.25, 0.3) is 0 Å². The number of methoxy groups -OCH3 is 1. The number of hydrogen-bond acceptors (Lipinski definition) is 4. The van der Waals surface area contributed by atoms with E-state index in [0.29, 0.717) is 12.0 Å². The second-order valence-corrected chi connectivity index (χ2v) is 7.03. The minimum atomic E-state index is -0.420. The van der Waals surface area contributed by atoms with Gasteiger partial charge in [-0.15, -0.1) is 0 Å². The maximum absolute atomic E-state index is 12.1. The van der Waals surface area contributed by atoms with E-state index in [0.717, 1.165) is 39.1 Å². The van der Waals surface area contributed by atoms with Gasteiger partial charge in [-0.3, -0.25) is 0 Å². The largest absolute Gasteiger partial charge is 0.444 e. The number of carbonyl (C=O) groups is 1. The van der Waals surface area contributed by atoms with E-state index in [1.165, 1.54) is 6.42 Å². The summed E-state index contributed by atoms with van der Waals surface area (Å²) < 4.78 is 10.5. The van der Waals surface area contributed by atoms with Gasteiger partial charge in [0, 0.05) is 32.8 Å². The fourth-order valence-electron chi connectivity index (χ4n) is 2.49. The van der Waals surface area contributed by atoms with Crippen LogP contribution in [0.3, 0.4) is 0 Å². The maximum Gasteiger partial charge on any atom is 0.410 e. The fraction of sp³-hybridized carbons (Fsp3) is 0.938. The molecular formula is C16H32N2O3. The highest BCUT2D eigenvalue weighted by atomic mass is 16.6. The number of carbonyl (C=O) groups excluding carboxylic acids is 1. The average Bonchev–Trinajstić information content (AvgIpc) is 2.41. The molecule has 0 aromatic rings. The van der Waals surface area contributed by atoms with Crippen LogP contribution in [0.15, 0.2) is 0 Å². The van der Waals surface area contributed by atoms with Gasteiger partial charge in [0.1, 0.15) is 5.60 Å². The lowest BCUT2D eigenvalue weighted by molar-refractivity contribution is 0.0165. The fourth-order valence-corrected chi connectivity index (χ4v) is 2.49. The molecule has 1 N–H and O–H groups in total. The number of amides is 1. The highest BCUT2D eigenvalue weighted by Crippen LogP contribution is 2.19. The zero-order valence-corrected chi connectivity index (χ0v) is 14.3. The van der Waals surface area contributed by atoms with Crippen molar-refractivity contribution in [1.82, 2.24) is 10.2 Å². The van der Waals surface area contributed by atoms with Crippen molar-refractivity contribution in [2.24, 2.45) is 5.92 Å². The van der Waals surface area contributed by atoms with Gasteiger partial charge >= 0.3 is 6.09 Å². The smallest absolute Gasteiger partial charge is 0.410 e. The molecule has 1 heterocycles. The standard InChI is InChI=1S/C16H32N2O3/c1-13(8-10-20-5)17-11-14-7-6-9-18(12-14)15(19)21-16(2,3)4/h13-14,17H,6-12H2,1-5H3. The van der Waals surface area contributed by atoms with Gasteiger partial charge < -0.3 is 19.7 Å². The molecule has 124 valence electrons. The van der Waals surface area contributed by atoms with Crippen LogP contribution in [-0.2, 0) is 9.47 Å². The van der Waals surface area contributed by atoms with Crippen molar-refractivity contribution < 1.29 is 14.3 Å². The molecule has 21 heavy (non-hydrogen) atoms. The Morgan fingerprint density at radius 3 is 2.76 bits per heavy atom. The van der Waals surface area contributed by atoms with Crippen molar-refractivity contribution in [3.63, 3.8) is 0 Å². The molecule has 5 heteroatoms. The Kier molecular flexibility index (Phi) is 7.46. The number of likely N-dealkylation sites (tertiary alicyclic amines) is 1. The first kappa shape index (κ1) is 18.2. The molecular weight excluding hydrogens is 268 g/mol. The van der Waals surface area contributed by atoms with Crippen LogP contribution in [0.4, 0.5) is 4.79 Å². The van der Waals surface area contributed by atoms with Gasteiger partial charge in [-0.1, -0.05) is 0 Å². The first-order valence-corrected chi connectivity index (χ1v) is 8.02. The molecule has 5 nitrogen and oxygen atoms in total. The third kappa shape index (κ3) is 7.67. The zero-order valence-electron chi connectivity index (χ0n) is 14.3. The molecule has 0 spiro atoms. The van der Waals surface area contributed by atoms with E-state index in [1.54, 1.807) is 7.11 Å². The molecule has 1 amide bonds. The summed E-state index contributed by atoms with van der Waals surface area (Å²) in [5.74, 6) is 0.510. The molecule has 1 aliphatic heterocycles. The topological polar surface area (TPSA) is 50.8 Å². The lowest BCUT2D eigenvalue weighted by Gasteiger charge is -2.34. The van der Waals surface area contributed by atoms with Crippen molar-refractivity contribution in [2.45, 2.75) is 58.6 Å². The SMILES string of the molecule is COCCC(C)NCC1CCCN(C(=O)OC(C)(C)C)C1. The van der Waals surface area contributed by atoms with Crippen molar-refractivity contribution in [3.8, 4) is 0 Å². The summed E-state index contributed by atoms with van der Waals surface area (Å²) in [6.45, 7) is 11.2. The predicted molar refractivity (Wildman–Crippen MR) is 84.5 cm³/mol. The monoisotopic (exact) mass is 300 g/mol. The molecule has 0 aromatic heterocycles. The normalized spacial score (nSPS) is 21.2. The molecule has 1 rings (SSSR count). The number of rotatable bonds is 6. The molecule has 0 radical (unpaired) electrons. The second kappa shape index (κ2) is 8.59. The molecule has 0 saturated carbocycles. The van der Waals surface area contributed by atoms with E-state index in [-0.39, 0.29) is 6.09 Å². The van der Waals surface area contributed by atoms with Gasteiger partial charge in [-0.05, 0) is 59.4 Å². The third-order valence-corrected chi connectivity index (χ3v) is 3.68. The Morgan fingerprint density at radius 2 is 2.14 bits per heavy atom. The van der Waals surface area contributed by atoms with E-state index < -0.39 is 5.60 Å². The van der Waals surface area contributed by atoms with Crippen LogP contribution in [0.5, 0.6) is 0 Å². The first-order valence-electron chi connectivity index (χ1n) is 8.02. The number of nitrogens with zero attached hydrogens (tertiary/aromatic N) is 1. The van der Waals surface area contributed by atoms with E-state index in [4.69, 9.17) is 9.47 Å². The Hall–Kier alpha value is -0.810. The van der Waals surface area contributed by atoms with Gasteiger partial charge in [0.05, 0.1) is 0 Å². The Bertz CT molecular complexity index is 315. The predicted octanol–water partition coefficient (Wildman–Crippen LogP) is 2.65. The van der Waals surface area contributed by atoms with Gasteiger partial charge in [0.15, 0.2) is 0 Å². The molecule has 0 bridgehead atoms. The number of nitrogens with one attached hydrogen (secondary N) is 1. The summed E-state index contributed by atoms with van der Waals surface area (Å²) in [5.41, 5.74) is -0.420. The Morgan fingerprint density at radius 1 is 1.43 bits per heavy atom. The maximum atomic E-state index is 12.1. The zero-order chi connectivity index (χ0) is 15.9. The average molecular weight is 300 g/mol. The van der Waals surface area contributed by atoms with Gasteiger partial charge in [0.25, 0.3) is 0 Å². The molecule has 2 unspecified atom stereocenters. The summed E-state index contributed by atoms with van der Waals surface area (Å²) in [5, 5.41) is 3.54. The summed E-state index contributed by atoms with van der Waals surface area (Å²) in [7, 11) is 1.73. The second-order valence-electron chi connectivity index (χ2n) is 7.03.